The second kappa shape index (κ2) is 18.4. The van der Waals surface area contributed by atoms with Crippen LogP contribution in [0, 0.1) is 5.41 Å². The maximum absolute atomic E-state index is 14.6. The number of alkyl halides is 12. The fourth-order valence-corrected chi connectivity index (χ4v) is 3.41. The van der Waals surface area contributed by atoms with Crippen molar-refractivity contribution in [1.29, 1.82) is 0 Å². The molecule has 0 heterocycles. The molecule has 9 nitrogen and oxygen atoms in total. The minimum atomic E-state index is -7.87. The second-order valence-corrected chi connectivity index (χ2v) is 11.0. The molecule has 21 heteroatoms. The third kappa shape index (κ3) is 11.6. The summed E-state index contributed by atoms with van der Waals surface area (Å²) in [5.41, 5.74) is -2.59. The van der Waals surface area contributed by atoms with E-state index in [-0.39, 0.29) is 18.4 Å². The van der Waals surface area contributed by atoms with Crippen LogP contribution in [-0.4, -0.2) is 111 Å². The van der Waals surface area contributed by atoms with Crippen molar-refractivity contribution in [1.82, 2.24) is 0 Å². The van der Waals surface area contributed by atoms with Crippen LogP contribution >= 0.6 is 0 Å². The van der Waals surface area contributed by atoms with Gasteiger partial charge in [0.05, 0.1) is 25.0 Å². The molecule has 0 saturated heterocycles. The number of carbonyl (C=O) groups is 3. The Morgan fingerprint density at radius 1 is 0.612 bits per heavy atom. The maximum Gasteiger partial charge on any atom is 0.384 e. The summed E-state index contributed by atoms with van der Waals surface area (Å²) in [5, 5.41) is 8.87. The predicted molar refractivity (Wildman–Crippen MR) is 143 cm³/mol. The lowest BCUT2D eigenvalue weighted by Crippen LogP contribution is -2.71. The van der Waals surface area contributed by atoms with E-state index in [1.54, 1.807) is 6.92 Å². The van der Waals surface area contributed by atoms with Gasteiger partial charge < -0.3 is 28.8 Å². The molecule has 0 bridgehead atoms. The van der Waals surface area contributed by atoms with Gasteiger partial charge in [0, 0.05) is 18.6 Å². The third-order valence-electron chi connectivity index (χ3n) is 6.51. The summed E-state index contributed by atoms with van der Waals surface area (Å²) in [5.74, 6) is -46.8. The lowest BCUT2D eigenvalue weighted by molar-refractivity contribution is -0.429. The van der Waals surface area contributed by atoms with Gasteiger partial charge in [0.15, 0.2) is 0 Å². The van der Waals surface area contributed by atoms with Crippen LogP contribution in [0.15, 0.2) is 12.2 Å². The van der Waals surface area contributed by atoms with Gasteiger partial charge in [-0.1, -0.05) is 33.3 Å². The average molecular weight is 747 g/mol. The molecule has 0 aromatic rings. The summed E-state index contributed by atoms with van der Waals surface area (Å²) in [6.45, 7) is -4.77. The highest BCUT2D eigenvalue weighted by Gasteiger charge is 2.90. The van der Waals surface area contributed by atoms with Gasteiger partial charge in [-0.05, 0) is 13.3 Å². The van der Waals surface area contributed by atoms with E-state index in [0.717, 1.165) is 6.92 Å². The SMILES string of the molecule is C=C(C)C(=O)OCC(COCC(F)(F)C(F)(F)C(F)(F)C(F)(F)C(F)(F)C(F)(F)COCCCCC)(COC(=O)CC)COC(=O)CCO. The minimum Gasteiger partial charge on any atom is -0.465 e. The van der Waals surface area contributed by atoms with Crippen LogP contribution in [0.2, 0.25) is 0 Å². The maximum atomic E-state index is 14.6. The van der Waals surface area contributed by atoms with Crippen molar-refractivity contribution in [3.05, 3.63) is 12.2 Å². The first kappa shape index (κ1) is 46.2. The molecule has 0 aliphatic rings. The summed E-state index contributed by atoms with van der Waals surface area (Å²) >= 11 is 0. The van der Waals surface area contributed by atoms with Crippen molar-refractivity contribution in [3.8, 4) is 0 Å². The zero-order valence-corrected chi connectivity index (χ0v) is 26.6. The van der Waals surface area contributed by atoms with Crippen LogP contribution < -0.4 is 0 Å². The molecule has 1 atom stereocenters. The molecular formula is C28H38F12O9. The van der Waals surface area contributed by atoms with Gasteiger partial charge >= 0.3 is 53.4 Å². The van der Waals surface area contributed by atoms with E-state index in [4.69, 9.17) is 19.3 Å². The van der Waals surface area contributed by atoms with Gasteiger partial charge in [0.2, 0.25) is 0 Å². The molecule has 0 aromatic heterocycles. The summed E-state index contributed by atoms with van der Waals surface area (Å²) < 4.78 is 195. The normalized spacial score (nSPS) is 14.6. The van der Waals surface area contributed by atoms with Gasteiger partial charge in [-0.3, -0.25) is 9.59 Å². The van der Waals surface area contributed by atoms with Crippen molar-refractivity contribution in [3.63, 3.8) is 0 Å². The van der Waals surface area contributed by atoms with E-state index in [9.17, 15) is 67.1 Å². The van der Waals surface area contributed by atoms with E-state index in [1.165, 1.54) is 6.92 Å². The number of hydrogen-bond donors (Lipinski definition) is 1. The number of hydrogen-bond acceptors (Lipinski definition) is 9. The number of unbranched alkanes of at least 4 members (excludes halogenated alkanes) is 2. The zero-order valence-electron chi connectivity index (χ0n) is 26.6. The highest BCUT2D eigenvalue weighted by molar-refractivity contribution is 5.86. The Hall–Kier alpha value is -2.81. The monoisotopic (exact) mass is 746 g/mol. The first-order valence-electron chi connectivity index (χ1n) is 14.4. The molecule has 0 aromatic carbocycles. The molecule has 49 heavy (non-hydrogen) atoms. The number of aliphatic hydroxyl groups excluding tert-OH is 1. The topological polar surface area (TPSA) is 118 Å². The Bertz CT molecular complexity index is 1100. The lowest BCUT2D eigenvalue weighted by Gasteiger charge is -2.41. The Morgan fingerprint density at radius 3 is 1.49 bits per heavy atom. The molecule has 1 unspecified atom stereocenters. The van der Waals surface area contributed by atoms with E-state index < -0.39 is 118 Å². The Kier molecular flexibility index (Phi) is 17.4. The zero-order chi connectivity index (χ0) is 38.5. The first-order chi connectivity index (χ1) is 22.3. The standard InChI is InChI=1S/C28H38F12O9/c1-5-7-8-11-45-16-23(29,30)25(33,34)27(37,38)28(39,40)26(35,36)24(31,32)17-46-12-22(13-47-19(42)6-2,14-48-20(43)9-10-41)15-49-21(44)18(3)4/h41H,3,5-17H2,1-2,4H3. The van der Waals surface area contributed by atoms with Crippen molar-refractivity contribution < 1.29 is 95.9 Å². The molecule has 0 rings (SSSR count). The van der Waals surface area contributed by atoms with Crippen LogP contribution in [0.1, 0.15) is 52.9 Å². The van der Waals surface area contributed by atoms with Crippen molar-refractivity contribution >= 4 is 17.9 Å². The van der Waals surface area contributed by atoms with E-state index in [2.05, 4.69) is 16.1 Å². The highest BCUT2D eigenvalue weighted by atomic mass is 19.4. The first-order valence-corrected chi connectivity index (χ1v) is 14.4. The van der Waals surface area contributed by atoms with E-state index >= 15 is 0 Å². The smallest absolute Gasteiger partial charge is 0.384 e. The van der Waals surface area contributed by atoms with Crippen molar-refractivity contribution in [2.45, 2.75) is 88.4 Å². The molecule has 0 fully saturated rings. The van der Waals surface area contributed by atoms with Crippen LogP contribution in [0.5, 0.6) is 0 Å². The summed E-state index contributed by atoms with van der Waals surface area (Å²) in [6, 6.07) is 0. The fourth-order valence-electron chi connectivity index (χ4n) is 3.41. The van der Waals surface area contributed by atoms with Crippen LogP contribution in [0.25, 0.3) is 0 Å². The molecule has 0 radical (unpaired) electrons. The Balaban J connectivity index is 6.36. The third-order valence-corrected chi connectivity index (χ3v) is 6.51. The lowest BCUT2D eigenvalue weighted by atomic mass is 9.91. The van der Waals surface area contributed by atoms with Gasteiger partial charge in [0.25, 0.3) is 0 Å². The number of esters is 3. The molecule has 0 amide bonds. The highest BCUT2D eigenvalue weighted by Crippen LogP contribution is 2.60. The molecule has 0 saturated carbocycles. The van der Waals surface area contributed by atoms with E-state index in [0.29, 0.717) is 12.8 Å². The minimum absolute atomic E-state index is 0.0568. The average Bonchev–Trinajstić information content (AvgIpc) is 3.00. The molecule has 0 aliphatic heterocycles. The molecule has 288 valence electrons. The number of ether oxygens (including phenoxy) is 5. The van der Waals surface area contributed by atoms with Gasteiger partial charge in [-0.15, -0.1) is 0 Å². The van der Waals surface area contributed by atoms with Crippen molar-refractivity contribution in [2.24, 2.45) is 5.41 Å². The quantitative estimate of drug-likeness (QED) is 0.0395. The summed E-state index contributed by atoms with van der Waals surface area (Å²) in [7, 11) is 0. The largest absolute Gasteiger partial charge is 0.465 e. The van der Waals surface area contributed by atoms with Gasteiger partial charge in [-0.25, -0.2) is 4.79 Å². The summed E-state index contributed by atoms with van der Waals surface area (Å²) in [6.07, 6.45) is -0.326. The number of rotatable bonds is 25. The second-order valence-electron chi connectivity index (χ2n) is 11.0. The van der Waals surface area contributed by atoms with Gasteiger partial charge in [0.1, 0.15) is 33.0 Å². The van der Waals surface area contributed by atoms with Crippen molar-refractivity contribution in [2.75, 3.05) is 52.9 Å². The Labute approximate surface area is 273 Å². The summed E-state index contributed by atoms with van der Waals surface area (Å²) in [4.78, 5) is 35.5. The molecule has 1 N–H and O–H groups in total. The van der Waals surface area contributed by atoms with Crippen LogP contribution in [-0.2, 0) is 38.1 Å². The number of aliphatic hydroxyl groups is 1. The molecule has 0 spiro atoms. The number of halogens is 12. The fraction of sp³-hybridized carbons (Fsp3) is 0.821. The van der Waals surface area contributed by atoms with E-state index in [1.807, 2.05) is 0 Å². The predicted octanol–water partition coefficient (Wildman–Crippen LogP) is 6.01. The molecular weight excluding hydrogens is 708 g/mol. The van der Waals surface area contributed by atoms with Gasteiger partial charge in [-0.2, -0.15) is 52.7 Å². The van der Waals surface area contributed by atoms with Crippen LogP contribution in [0.4, 0.5) is 52.7 Å². The number of carbonyl (C=O) groups excluding carboxylic acids is 3. The van der Waals surface area contributed by atoms with Crippen LogP contribution in [0.3, 0.4) is 0 Å². The molecule has 0 aliphatic carbocycles. The Morgan fingerprint density at radius 2 is 1.06 bits per heavy atom.